The monoisotopic (exact) mass is 397 g/mol. The minimum atomic E-state index is -0.304. The standard InChI is InChI=1S/C21H17ClFN3S/c1-14-20(27-13-25-14)12-26(17-5-2-4-16(22)10-17)11-15-8-9-24-21-18(15)6-3-7-19(21)23/h2-10,13H,11-12H2,1H3. The SMILES string of the molecule is Cc1ncsc1CN(Cc1ccnc2c(F)cccc12)c1cccc(Cl)c1. The van der Waals surface area contributed by atoms with Crippen LogP contribution in [-0.2, 0) is 13.1 Å². The summed E-state index contributed by atoms with van der Waals surface area (Å²) in [6.45, 7) is 3.33. The van der Waals surface area contributed by atoms with E-state index in [2.05, 4.69) is 14.9 Å². The molecule has 0 unspecified atom stereocenters. The highest BCUT2D eigenvalue weighted by atomic mass is 35.5. The number of rotatable bonds is 5. The molecule has 0 fully saturated rings. The summed E-state index contributed by atoms with van der Waals surface area (Å²) in [6, 6.07) is 14.8. The van der Waals surface area contributed by atoms with Gasteiger partial charge in [0, 0.05) is 33.7 Å². The number of aryl methyl sites for hydroxylation is 1. The fraction of sp³-hybridized carbons (Fsp3) is 0.143. The smallest absolute Gasteiger partial charge is 0.149 e. The molecule has 2 aromatic heterocycles. The van der Waals surface area contributed by atoms with Gasteiger partial charge in [-0.25, -0.2) is 9.37 Å². The van der Waals surface area contributed by atoms with Crippen molar-refractivity contribution >= 4 is 39.5 Å². The van der Waals surface area contributed by atoms with Gasteiger partial charge in [0.2, 0.25) is 0 Å². The number of nitrogens with zero attached hydrogens (tertiary/aromatic N) is 3. The number of aromatic nitrogens is 2. The minimum absolute atomic E-state index is 0.304. The Balaban J connectivity index is 1.75. The molecule has 0 radical (unpaired) electrons. The van der Waals surface area contributed by atoms with Crippen LogP contribution in [0.1, 0.15) is 16.1 Å². The van der Waals surface area contributed by atoms with Gasteiger partial charge in [0.15, 0.2) is 0 Å². The molecule has 0 atom stereocenters. The Kier molecular flexibility index (Phi) is 5.05. The van der Waals surface area contributed by atoms with Crippen molar-refractivity contribution in [2.24, 2.45) is 0 Å². The van der Waals surface area contributed by atoms with Gasteiger partial charge in [0.05, 0.1) is 17.7 Å². The molecule has 0 amide bonds. The van der Waals surface area contributed by atoms with Gasteiger partial charge in [-0.15, -0.1) is 11.3 Å². The number of halogens is 2. The second-order valence-electron chi connectivity index (χ2n) is 6.30. The summed E-state index contributed by atoms with van der Waals surface area (Å²) in [5.41, 5.74) is 5.31. The largest absolute Gasteiger partial charge is 0.362 e. The lowest BCUT2D eigenvalue weighted by atomic mass is 10.1. The van der Waals surface area contributed by atoms with E-state index in [-0.39, 0.29) is 5.82 Å². The summed E-state index contributed by atoms with van der Waals surface area (Å²) in [5, 5.41) is 1.51. The summed E-state index contributed by atoms with van der Waals surface area (Å²) in [4.78, 5) is 12.0. The molecular formula is C21H17ClFN3S. The quantitative estimate of drug-likeness (QED) is 0.413. The molecule has 4 aromatic rings. The van der Waals surface area contributed by atoms with E-state index in [1.807, 2.05) is 48.8 Å². The Bertz CT molecular complexity index is 1100. The zero-order valence-corrected chi connectivity index (χ0v) is 16.3. The van der Waals surface area contributed by atoms with Crippen molar-refractivity contribution in [2.45, 2.75) is 20.0 Å². The first-order valence-electron chi connectivity index (χ1n) is 8.53. The van der Waals surface area contributed by atoms with Gasteiger partial charge in [-0.1, -0.05) is 29.8 Å². The molecule has 0 saturated heterocycles. The molecule has 0 aliphatic carbocycles. The van der Waals surface area contributed by atoms with Crippen molar-refractivity contribution in [3.8, 4) is 0 Å². The molecule has 3 nitrogen and oxygen atoms in total. The number of anilines is 1. The summed E-state index contributed by atoms with van der Waals surface area (Å²) >= 11 is 7.86. The minimum Gasteiger partial charge on any atom is -0.362 e. The van der Waals surface area contributed by atoms with Crippen LogP contribution < -0.4 is 4.90 Å². The Morgan fingerprint density at radius 3 is 2.70 bits per heavy atom. The van der Waals surface area contributed by atoms with Crippen molar-refractivity contribution in [3.05, 3.63) is 87.2 Å². The van der Waals surface area contributed by atoms with E-state index in [0.29, 0.717) is 23.6 Å². The highest BCUT2D eigenvalue weighted by molar-refractivity contribution is 7.09. The highest BCUT2D eigenvalue weighted by Gasteiger charge is 2.14. The van der Waals surface area contributed by atoms with E-state index in [4.69, 9.17) is 11.6 Å². The Morgan fingerprint density at radius 1 is 1.07 bits per heavy atom. The number of benzene rings is 2. The molecular weight excluding hydrogens is 381 g/mol. The summed E-state index contributed by atoms with van der Waals surface area (Å²) in [7, 11) is 0. The van der Waals surface area contributed by atoms with Crippen LogP contribution in [-0.4, -0.2) is 9.97 Å². The van der Waals surface area contributed by atoms with E-state index in [1.54, 1.807) is 23.6 Å². The van der Waals surface area contributed by atoms with E-state index in [1.165, 1.54) is 10.9 Å². The van der Waals surface area contributed by atoms with Gasteiger partial charge in [0.25, 0.3) is 0 Å². The third-order valence-electron chi connectivity index (χ3n) is 4.53. The maximum absolute atomic E-state index is 14.1. The van der Waals surface area contributed by atoms with Crippen molar-refractivity contribution in [1.82, 2.24) is 9.97 Å². The van der Waals surface area contributed by atoms with Crippen molar-refractivity contribution in [2.75, 3.05) is 4.90 Å². The lowest BCUT2D eigenvalue weighted by Gasteiger charge is -2.25. The van der Waals surface area contributed by atoms with Crippen LogP contribution in [0.2, 0.25) is 5.02 Å². The van der Waals surface area contributed by atoms with Gasteiger partial charge in [-0.05, 0) is 42.8 Å². The Labute approximate surface area is 166 Å². The third kappa shape index (κ3) is 3.80. The van der Waals surface area contributed by atoms with Gasteiger partial charge in [-0.2, -0.15) is 0 Å². The molecule has 0 bridgehead atoms. The number of hydrogen-bond donors (Lipinski definition) is 0. The molecule has 0 aliphatic rings. The van der Waals surface area contributed by atoms with Crippen LogP contribution in [0.3, 0.4) is 0 Å². The normalized spacial score (nSPS) is 11.1. The number of fused-ring (bicyclic) bond motifs is 1. The topological polar surface area (TPSA) is 29.0 Å². The zero-order valence-electron chi connectivity index (χ0n) is 14.7. The van der Waals surface area contributed by atoms with E-state index in [0.717, 1.165) is 22.3 Å². The van der Waals surface area contributed by atoms with Crippen molar-refractivity contribution in [1.29, 1.82) is 0 Å². The Morgan fingerprint density at radius 2 is 1.93 bits per heavy atom. The van der Waals surface area contributed by atoms with Crippen LogP contribution in [0.25, 0.3) is 10.9 Å². The molecule has 6 heteroatoms. The maximum atomic E-state index is 14.1. The van der Waals surface area contributed by atoms with E-state index < -0.39 is 0 Å². The van der Waals surface area contributed by atoms with Crippen LogP contribution in [0.15, 0.2) is 60.2 Å². The first-order valence-corrected chi connectivity index (χ1v) is 9.79. The Hall–Kier alpha value is -2.50. The summed E-state index contributed by atoms with van der Waals surface area (Å²) in [5.74, 6) is -0.304. The predicted molar refractivity (Wildman–Crippen MR) is 110 cm³/mol. The molecule has 2 heterocycles. The molecule has 136 valence electrons. The molecule has 4 rings (SSSR count). The van der Waals surface area contributed by atoms with Crippen molar-refractivity contribution < 1.29 is 4.39 Å². The molecule has 0 N–H and O–H groups in total. The van der Waals surface area contributed by atoms with Crippen LogP contribution in [0.5, 0.6) is 0 Å². The molecule has 0 spiro atoms. The van der Waals surface area contributed by atoms with Crippen LogP contribution >= 0.6 is 22.9 Å². The number of para-hydroxylation sites is 1. The number of hydrogen-bond acceptors (Lipinski definition) is 4. The van der Waals surface area contributed by atoms with Gasteiger partial charge >= 0.3 is 0 Å². The summed E-state index contributed by atoms with van der Waals surface area (Å²) < 4.78 is 14.1. The fourth-order valence-corrected chi connectivity index (χ4v) is 4.08. The van der Waals surface area contributed by atoms with Crippen LogP contribution in [0, 0.1) is 12.7 Å². The number of pyridine rings is 1. The summed E-state index contributed by atoms with van der Waals surface area (Å²) in [6.07, 6.45) is 1.66. The second kappa shape index (κ2) is 7.62. The van der Waals surface area contributed by atoms with E-state index >= 15 is 0 Å². The average Bonchev–Trinajstić information content (AvgIpc) is 3.07. The lowest BCUT2D eigenvalue weighted by Crippen LogP contribution is -2.22. The average molecular weight is 398 g/mol. The van der Waals surface area contributed by atoms with Crippen LogP contribution in [0.4, 0.5) is 10.1 Å². The fourth-order valence-electron chi connectivity index (χ4n) is 3.10. The maximum Gasteiger partial charge on any atom is 0.149 e. The third-order valence-corrected chi connectivity index (χ3v) is 5.68. The van der Waals surface area contributed by atoms with E-state index in [9.17, 15) is 4.39 Å². The van der Waals surface area contributed by atoms with Gasteiger partial charge < -0.3 is 4.90 Å². The first-order chi connectivity index (χ1) is 13.1. The second-order valence-corrected chi connectivity index (χ2v) is 7.68. The highest BCUT2D eigenvalue weighted by Crippen LogP contribution is 2.28. The number of thiazole rings is 1. The van der Waals surface area contributed by atoms with Gasteiger partial charge in [0.1, 0.15) is 11.3 Å². The van der Waals surface area contributed by atoms with Gasteiger partial charge in [-0.3, -0.25) is 4.98 Å². The molecule has 2 aromatic carbocycles. The van der Waals surface area contributed by atoms with Crippen molar-refractivity contribution in [3.63, 3.8) is 0 Å². The predicted octanol–water partition coefficient (Wildman–Crippen LogP) is 6.00. The first kappa shape index (κ1) is 17.9. The molecule has 0 saturated carbocycles. The zero-order chi connectivity index (χ0) is 18.8. The lowest BCUT2D eigenvalue weighted by molar-refractivity contribution is 0.636. The molecule has 27 heavy (non-hydrogen) atoms. The molecule has 0 aliphatic heterocycles.